The highest BCUT2D eigenvalue weighted by molar-refractivity contribution is 6.30. The Balaban J connectivity index is 2.19. The van der Waals surface area contributed by atoms with Crippen LogP contribution < -0.4 is 5.32 Å². The normalized spacial score (nSPS) is 14.0. The van der Waals surface area contributed by atoms with E-state index in [1.54, 1.807) is 11.8 Å². The van der Waals surface area contributed by atoms with Gasteiger partial charge in [0.2, 0.25) is 0 Å². The van der Waals surface area contributed by atoms with Crippen molar-refractivity contribution in [3.8, 4) is 5.69 Å². The third-order valence-electron chi connectivity index (χ3n) is 3.94. The maximum Gasteiger partial charge on any atom is 0.137 e. The number of hydrogen-bond donors (Lipinski definition) is 2. The van der Waals surface area contributed by atoms with Gasteiger partial charge in [-0.3, -0.25) is 0 Å². The molecule has 1 aromatic heterocycles. The fourth-order valence-corrected chi connectivity index (χ4v) is 2.89. The summed E-state index contributed by atoms with van der Waals surface area (Å²) in [6.07, 6.45) is 0.602. The zero-order chi connectivity index (χ0) is 16.9. The molecular formula is C17H24ClN3O2. The van der Waals surface area contributed by atoms with E-state index in [1.165, 1.54) is 0 Å². The molecule has 0 aliphatic heterocycles. The van der Waals surface area contributed by atoms with Crippen molar-refractivity contribution in [1.82, 2.24) is 15.1 Å². The lowest BCUT2D eigenvalue weighted by atomic mass is 9.99. The number of aliphatic hydroxyl groups is 1. The molecule has 1 unspecified atom stereocenters. The van der Waals surface area contributed by atoms with Crippen LogP contribution in [0.15, 0.2) is 30.3 Å². The summed E-state index contributed by atoms with van der Waals surface area (Å²) in [5, 5.41) is 17.8. The summed E-state index contributed by atoms with van der Waals surface area (Å²) in [5.41, 5.74) is 2.46. The van der Waals surface area contributed by atoms with Gasteiger partial charge < -0.3 is 15.2 Å². The van der Waals surface area contributed by atoms with Crippen LogP contribution in [-0.2, 0) is 11.3 Å². The van der Waals surface area contributed by atoms with Gasteiger partial charge in [0.1, 0.15) is 5.15 Å². The van der Waals surface area contributed by atoms with Crippen molar-refractivity contribution >= 4 is 11.6 Å². The first kappa shape index (κ1) is 17.9. The second-order valence-corrected chi connectivity index (χ2v) is 6.28. The lowest BCUT2D eigenvalue weighted by Gasteiger charge is -2.29. The fraction of sp³-hybridized carbons (Fsp3) is 0.471. The molecule has 0 saturated heterocycles. The van der Waals surface area contributed by atoms with Crippen LogP contribution in [-0.4, -0.2) is 40.7 Å². The van der Waals surface area contributed by atoms with Gasteiger partial charge in [-0.05, 0) is 32.4 Å². The molecule has 0 radical (unpaired) electrons. The molecule has 0 amide bonds. The highest BCUT2D eigenvalue weighted by Crippen LogP contribution is 2.24. The molecule has 0 bridgehead atoms. The summed E-state index contributed by atoms with van der Waals surface area (Å²) >= 11 is 6.53. The van der Waals surface area contributed by atoms with Crippen molar-refractivity contribution in [2.45, 2.75) is 32.4 Å². The van der Waals surface area contributed by atoms with E-state index >= 15 is 0 Å². The summed E-state index contributed by atoms with van der Waals surface area (Å²) in [4.78, 5) is 0. The number of rotatable bonds is 8. The van der Waals surface area contributed by atoms with Crippen LogP contribution >= 0.6 is 11.6 Å². The topological polar surface area (TPSA) is 59.3 Å². The third-order valence-corrected chi connectivity index (χ3v) is 4.33. The molecule has 1 heterocycles. The molecule has 1 aromatic carbocycles. The van der Waals surface area contributed by atoms with Crippen molar-refractivity contribution in [2.75, 3.05) is 20.3 Å². The van der Waals surface area contributed by atoms with Crippen LogP contribution in [0, 0.1) is 6.92 Å². The Labute approximate surface area is 142 Å². The molecule has 5 nitrogen and oxygen atoms in total. The number of aliphatic hydroxyl groups excluding tert-OH is 1. The molecule has 0 aliphatic rings. The van der Waals surface area contributed by atoms with Gasteiger partial charge in [-0.1, -0.05) is 29.8 Å². The van der Waals surface area contributed by atoms with Crippen LogP contribution in [0.4, 0.5) is 0 Å². The Bertz CT molecular complexity index is 622. The maximum atomic E-state index is 9.25. The molecule has 2 rings (SSSR count). The summed E-state index contributed by atoms with van der Waals surface area (Å²) in [6, 6.07) is 9.81. The van der Waals surface area contributed by atoms with E-state index in [0.717, 1.165) is 16.9 Å². The summed E-state index contributed by atoms with van der Waals surface area (Å²) in [7, 11) is 1.66. The molecule has 6 heteroatoms. The molecule has 0 spiro atoms. The van der Waals surface area contributed by atoms with E-state index in [1.807, 2.05) is 44.2 Å². The van der Waals surface area contributed by atoms with Crippen LogP contribution in [0.5, 0.6) is 0 Å². The monoisotopic (exact) mass is 337 g/mol. The van der Waals surface area contributed by atoms with Gasteiger partial charge >= 0.3 is 0 Å². The fourth-order valence-electron chi connectivity index (χ4n) is 2.55. The smallest absolute Gasteiger partial charge is 0.137 e. The molecule has 1 atom stereocenters. The number of methoxy groups -OCH3 is 1. The second kappa shape index (κ2) is 7.93. The quantitative estimate of drug-likeness (QED) is 0.777. The average Bonchev–Trinajstić information content (AvgIpc) is 2.81. The lowest BCUT2D eigenvalue weighted by molar-refractivity contribution is 0.0969. The van der Waals surface area contributed by atoms with Gasteiger partial charge in [0.15, 0.2) is 0 Å². The van der Waals surface area contributed by atoms with Gasteiger partial charge in [0.05, 0.1) is 18.0 Å². The largest absolute Gasteiger partial charge is 0.396 e. The van der Waals surface area contributed by atoms with Gasteiger partial charge in [0, 0.05) is 31.4 Å². The highest BCUT2D eigenvalue weighted by Gasteiger charge is 2.24. The number of benzene rings is 1. The van der Waals surface area contributed by atoms with Crippen molar-refractivity contribution in [2.24, 2.45) is 0 Å². The number of para-hydroxylation sites is 1. The number of nitrogens with zero attached hydrogens (tertiary/aromatic N) is 2. The Morgan fingerprint density at radius 3 is 2.65 bits per heavy atom. The van der Waals surface area contributed by atoms with Gasteiger partial charge in [-0.25, -0.2) is 4.68 Å². The van der Waals surface area contributed by atoms with E-state index in [-0.39, 0.29) is 12.1 Å². The van der Waals surface area contributed by atoms with Crippen molar-refractivity contribution < 1.29 is 9.84 Å². The van der Waals surface area contributed by atoms with E-state index in [0.29, 0.717) is 24.7 Å². The number of halogens is 1. The van der Waals surface area contributed by atoms with E-state index in [2.05, 4.69) is 10.4 Å². The van der Waals surface area contributed by atoms with E-state index in [4.69, 9.17) is 16.3 Å². The minimum atomic E-state index is -0.311. The highest BCUT2D eigenvalue weighted by atomic mass is 35.5. The Hall–Kier alpha value is -1.40. The molecule has 0 saturated carbocycles. The number of aromatic nitrogens is 2. The first-order valence-electron chi connectivity index (χ1n) is 7.65. The van der Waals surface area contributed by atoms with Gasteiger partial charge in [0.25, 0.3) is 0 Å². The number of hydrogen-bond acceptors (Lipinski definition) is 4. The molecular weight excluding hydrogens is 314 g/mol. The summed E-state index contributed by atoms with van der Waals surface area (Å²) in [6.45, 7) is 5.15. The Kier molecular flexibility index (Phi) is 6.18. The second-order valence-electron chi connectivity index (χ2n) is 5.92. The first-order chi connectivity index (χ1) is 11.0. The molecule has 23 heavy (non-hydrogen) atoms. The van der Waals surface area contributed by atoms with Crippen LogP contribution in [0.1, 0.15) is 24.6 Å². The number of aryl methyl sites for hydroxylation is 1. The predicted octanol–water partition coefficient (Wildman–Crippen LogP) is 2.71. The van der Waals surface area contributed by atoms with Crippen molar-refractivity contribution in [1.29, 1.82) is 0 Å². The van der Waals surface area contributed by atoms with Crippen LogP contribution in [0.3, 0.4) is 0 Å². The minimum absolute atomic E-state index is 0.100. The van der Waals surface area contributed by atoms with Crippen LogP contribution in [0.25, 0.3) is 5.69 Å². The molecule has 0 fully saturated rings. The first-order valence-corrected chi connectivity index (χ1v) is 8.03. The number of nitrogens with one attached hydrogen (secondary N) is 1. The average molecular weight is 338 g/mol. The van der Waals surface area contributed by atoms with E-state index in [9.17, 15) is 5.11 Å². The standard InChI is InChI=1S/C17H24ClN3O2/c1-13-15(11-19-17(2,9-10-22)12-23-3)16(18)21(20-13)14-7-5-4-6-8-14/h4-8,19,22H,9-12H2,1-3H3. The summed E-state index contributed by atoms with van der Waals surface area (Å²) in [5.74, 6) is 0. The van der Waals surface area contributed by atoms with Crippen LogP contribution in [0.2, 0.25) is 5.15 Å². The third kappa shape index (κ3) is 4.32. The van der Waals surface area contributed by atoms with Gasteiger partial charge in [-0.15, -0.1) is 0 Å². The molecule has 126 valence electrons. The van der Waals surface area contributed by atoms with Crippen molar-refractivity contribution in [3.05, 3.63) is 46.7 Å². The van der Waals surface area contributed by atoms with Gasteiger partial charge in [-0.2, -0.15) is 5.10 Å². The number of ether oxygens (including phenoxy) is 1. The molecule has 2 aromatic rings. The summed E-state index contributed by atoms with van der Waals surface area (Å²) < 4.78 is 7.00. The lowest BCUT2D eigenvalue weighted by Crippen LogP contribution is -2.46. The Morgan fingerprint density at radius 1 is 1.35 bits per heavy atom. The predicted molar refractivity (Wildman–Crippen MR) is 92.1 cm³/mol. The van der Waals surface area contributed by atoms with E-state index < -0.39 is 0 Å². The molecule has 0 aliphatic carbocycles. The zero-order valence-electron chi connectivity index (χ0n) is 13.8. The molecule has 2 N–H and O–H groups in total. The minimum Gasteiger partial charge on any atom is -0.396 e. The van der Waals surface area contributed by atoms with Crippen molar-refractivity contribution in [3.63, 3.8) is 0 Å². The SMILES string of the molecule is COCC(C)(CCO)NCc1c(C)nn(-c2ccccc2)c1Cl. The Morgan fingerprint density at radius 2 is 2.04 bits per heavy atom. The zero-order valence-corrected chi connectivity index (χ0v) is 14.6. The maximum absolute atomic E-state index is 9.25.